The van der Waals surface area contributed by atoms with Crippen molar-refractivity contribution in [2.45, 2.75) is 13.0 Å². The van der Waals surface area contributed by atoms with Crippen molar-refractivity contribution in [3.8, 4) is 11.6 Å². The number of non-ortho nitro benzene ring substituents is 1. The van der Waals surface area contributed by atoms with E-state index in [1.165, 1.54) is 24.5 Å². The first-order valence-electron chi connectivity index (χ1n) is 9.86. The van der Waals surface area contributed by atoms with Crippen molar-refractivity contribution >= 4 is 17.4 Å². The predicted octanol–water partition coefficient (Wildman–Crippen LogP) is 3.53. The van der Waals surface area contributed by atoms with Crippen LogP contribution in [0.1, 0.15) is 17.3 Å². The number of hydrogen-bond donors (Lipinski definition) is 0. The zero-order chi connectivity index (χ0) is 21.8. The molecule has 1 fully saturated rings. The van der Waals surface area contributed by atoms with Gasteiger partial charge in [-0.15, -0.1) is 0 Å². The minimum Gasteiger partial charge on any atom is -0.439 e. The quantitative estimate of drug-likeness (QED) is 0.460. The van der Waals surface area contributed by atoms with Crippen LogP contribution in [-0.4, -0.2) is 51.4 Å². The van der Waals surface area contributed by atoms with Gasteiger partial charge in [-0.2, -0.15) is 0 Å². The van der Waals surface area contributed by atoms with E-state index in [0.29, 0.717) is 36.8 Å². The highest BCUT2D eigenvalue weighted by Crippen LogP contribution is 2.24. The van der Waals surface area contributed by atoms with Crippen molar-refractivity contribution in [3.05, 3.63) is 82.7 Å². The molecule has 3 aromatic rings. The third-order valence-corrected chi connectivity index (χ3v) is 5.11. The molecule has 0 spiro atoms. The SMILES string of the molecule is C[C@@H]1CN(c2cc(Oc3ccccc3)ncn2)CCN1C(=O)c1cccc([N+](=O)[O-])c1. The van der Waals surface area contributed by atoms with Gasteiger partial charge in [0.15, 0.2) is 0 Å². The van der Waals surface area contributed by atoms with Crippen LogP contribution in [0, 0.1) is 10.1 Å². The highest BCUT2D eigenvalue weighted by Gasteiger charge is 2.29. The van der Waals surface area contributed by atoms with E-state index in [2.05, 4.69) is 14.9 Å². The largest absolute Gasteiger partial charge is 0.439 e. The predicted molar refractivity (Wildman–Crippen MR) is 114 cm³/mol. The normalized spacial score (nSPS) is 16.1. The Morgan fingerprint density at radius 2 is 1.90 bits per heavy atom. The number of hydrogen-bond acceptors (Lipinski definition) is 7. The molecule has 0 unspecified atom stereocenters. The zero-order valence-electron chi connectivity index (χ0n) is 16.9. The standard InChI is InChI=1S/C22H21N5O4/c1-16-14-25(20-13-21(24-15-23-20)31-19-8-3-2-4-9-19)10-11-26(16)22(28)17-6-5-7-18(12-17)27(29)30/h2-9,12-13,15-16H,10-11,14H2,1H3/t16-/m1/s1. The number of piperazine rings is 1. The molecule has 1 saturated heterocycles. The third-order valence-electron chi connectivity index (χ3n) is 5.11. The topological polar surface area (TPSA) is 102 Å². The van der Waals surface area contributed by atoms with Gasteiger partial charge in [-0.1, -0.05) is 24.3 Å². The van der Waals surface area contributed by atoms with Crippen molar-refractivity contribution in [1.82, 2.24) is 14.9 Å². The average Bonchev–Trinajstić information content (AvgIpc) is 2.79. The summed E-state index contributed by atoms with van der Waals surface area (Å²) in [6, 6.07) is 16.9. The molecular formula is C22H21N5O4. The van der Waals surface area contributed by atoms with Crippen LogP contribution in [0.15, 0.2) is 67.0 Å². The van der Waals surface area contributed by atoms with Crippen LogP contribution in [0.25, 0.3) is 0 Å². The number of benzene rings is 2. The lowest BCUT2D eigenvalue weighted by Gasteiger charge is -2.40. The molecule has 1 aromatic heterocycles. The van der Waals surface area contributed by atoms with Crippen LogP contribution in [0.2, 0.25) is 0 Å². The molecule has 2 aromatic carbocycles. The lowest BCUT2D eigenvalue weighted by atomic mass is 10.1. The van der Waals surface area contributed by atoms with Gasteiger partial charge in [0.05, 0.1) is 4.92 Å². The first-order valence-corrected chi connectivity index (χ1v) is 9.86. The fourth-order valence-electron chi connectivity index (χ4n) is 3.55. The molecule has 0 saturated carbocycles. The molecule has 0 radical (unpaired) electrons. The summed E-state index contributed by atoms with van der Waals surface area (Å²) in [4.78, 5) is 35.8. The van der Waals surface area contributed by atoms with E-state index in [1.54, 1.807) is 17.0 Å². The van der Waals surface area contributed by atoms with Crippen molar-refractivity contribution in [2.75, 3.05) is 24.5 Å². The van der Waals surface area contributed by atoms with Gasteiger partial charge in [0.2, 0.25) is 5.88 Å². The number of para-hydroxylation sites is 1. The Bertz CT molecular complexity index is 1090. The summed E-state index contributed by atoms with van der Waals surface area (Å²) < 4.78 is 5.79. The molecule has 0 bridgehead atoms. The van der Waals surface area contributed by atoms with Gasteiger partial charge in [0.25, 0.3) is 11.6 Å². The molecule has 0 N–H and O–H groups in total. The first kappa shape index (κ1) is 20.3. The van der Waals surface area contributed by atoms with Gasteiger partial charge < -0.3 is 14.5 Å². The number of carbonyl (C=O) groups is 1. The Hall–Kier alpha value is -4.01. The van der Waals surface area contributed by atoms with E-state index < -0.39 is 4.92 Å². The number of anilines is 1. The lowest BCUT2D eigenvalue weighted by Crippen LogP contribution is -2.54. The van der Waals surface area contributed by atoms with Crippen LogP contribution < -0.4 is 9.64 Å². The maximum absolute atomic E-state index is 12.9. The first-order chi connectivity index (χ1) is 15.0. The Labute approximate surface area is 179 Å². The number of rotatable bonds is 5. The van der Waals surface area contributed by atoms with Gasteiger partial charge in [-0.25, -0.2) is 9.97 Å². The summed E-state index contributed by atoms with van der Waals surface area (Å²) >= 11 is 0. The number of ether oxygens (including phenoxy) is 1. The van der Waals surface area contributed by atoms with Crippen molar-refractivity contribution in [1.29, 1.82) is 0 Å². The summed E-state index contributed by atoms with van der Waals surface area (Å²) in [7, 11) is 0. The number of aromatic nitrogens is 2. The number of nitro groups is 1. The Kier molecular flexibility index (Phi) is 5.74. The van der Waals surface area contributed by atoms with E-state index in [0.717, 1.165) is 5.82 Å². The fourth-order valence-corrected chi connectivity index (χ4v) is 3.55. The van der Waals surface area contributed by atoms with E-state index in [4.69, 9.17) is 4.74 Å². The van der Waals surface area contributed by atoms with Gasteiger partial charge in [0.1, 0.15) is 17.9 Å². The van der Waals surface area contributed by atoms with Crippen LogP contribution in [0.3, 0.4) is 0 Å². The van der Waals surface area contributed by atoms with Crippen LogP contribution >= 0.6 is 0 Å². The summed E-state index contributed by atoms with van der Waals surface area (Å²) in [5, 5.41) is 11.0. The van der Waals surface area contributed by atoms with Crippen molar-refractivity contribution in [2.24, 2.45) is 0 Å². The van der Waals surface area contributed by atoms with Crippen LogP contribution in [-0.2, 0) is 0 Å². The van der Waals surface area contributed by atoms with E-state index in [-0.39, 0.29) is 17.6 Å². The minimum atomic E-state index is -0.498. The minimum absolute atomic E-state index is 0.0935. The molecule has 1 atom stereocenters. The maximum atomic E-state index is 12.9. The number of nitrogens with zero attached hydrogens (tertiary/aromatic N) is 5. The molecular weight excluding hydrogens is 398 g/mol. The van der Waals surface area contributed by atoms with E-state index in [1.807, 2.05) is 37.3 Å². The van der Waals surface area contributed by atoms with E-state index >= 15 is 0 Å². The second-order valence-corrected chi connectivity index (χ2v) is 7.23. The highest BCUT2D eigenvalue weighted by atomic mass is 16.6. The third kappa shape index (κ3) is 4.61. The van der Waals surface area contributed by atoms with Gasteiger partial charge in [0, 0.05) is 49.4 Å². The van der Waals surface area contributed by atoms with Gasteiger partial charge in [-0.05, 0) is 25.1 Å². The van der Waals surface area contributed by atoms with Crippen molar-refractivity contribution < 1.29 is 14.5 Å². The average molecular weight is 419 g/mol. The monoisotopic (exact) mass is 419 g/mol. The van der Waals surface area contributed by atoms with Crippen molar-refractivity contribution in [3.63, 3.8) is 0 Å². The molecule has 1 aliphatic rings. The molecule has 2 heterocycles. The zero-order valence-corrected chi connectivity index (χ0v) is 16.9. The van der Waals surface area contributed by atoms with Crippen LogP contribution in [0.5, 0.6) is 11.6 Å². The molecule has 9 heteroatoms. The second kappa shape index (κ2) is 8.78. The highest BCUT2D eigenvalue weighted by molar-refractivity contribution is 5.95. The maximum Gasteiger partial charge on any atom is 0.270 e. The van der Waals surface area contributed by atoms with Gasteiger partial charge in [-0.3, -0.25) is 14.9 Å². The van der Waals surface area contributed by atoms with Gasteiger partial charge >= 0.3 is 0 Å². The summed E-state index contributed by atoms with van der Waals surface area (Å²) in [6.07, 6.45) is 1.46. The Balaban J connectivity index is 1.45. The number of nitro benzene ring substituents is 1. The summed E-state index contributed by atoms with van der Waals surface area (Å²) in [5.74, 6) is 1.63. The number of amides is 1. The smallest absolute Gasteiger partial charge is 0.270 e. The molecule has 9 nitrogen and oxygen atoms in total. The summed E-state index contributed by atoms with van der Waals surface area (Å²) in [6.45, 7) is 3.57. The molecule has 1 aliphatic heterocycles. The second-order valence-electron chi connectivity index (χ2n) is 7.23. The molecule has 31 heavy (non-hydrogen) atoms. The molecule has 4 rings (SSSR count). The Morgan fingerprint density at radius 3 is 2.65 bits per heavy atom. The fraction of sp³-hybridized carbons (Fsp3) is 0.227. The van der Waals surface area contributed by atoms with E-state index in [9.17, 15) is 14.9 Å². The molecule has 1 amide bonds. The molecule has 0 aliphatic carbocycles. The van der Waals surface area contributed by atoms with Crippen LogP contribution in [0.4, 0.5) is 11.5 Å². The summed E-state index contributed by atoms with van der Waals surface area (Å²) in [5.41, 5.74) is 0.221. The lowest BCUT2D eigenvalue weighted by molar-refractivity contribution is -0.384. The number of carbonyl (C=O) groups excluding carboxylic acids is 1. The Morgan fingerprint density at radius 1 is 1.10 bits per heavy atom. The molecule has 158 valence electrons.